The molecule has 102 valence electrons. The molecule has 0 radical (unpaired) electrons. The van der Waals surface area contributed by atoms with Crippen LogP contribution < -0.4 is 10.6 Å². The van der Waals surface area contributed by atoms with Crippen molar-refractivity contribution in [3.63, 3.8) is 0 Å². The summed E-state index contributed by atoms with van der Waals surface area (Å²) in [4.78, 5) is 25.0. The summed E-state index contributed by atoms with van der Waals surface area (Å²) in [6.45, 7) is 2.11. The third-order valence-electron chi connectivity index (χ3n) is 3.38. The van der Waals surface area contributed by atoms with Gasteiger partial charge in [-0.25, -0.2) is 0 Å². The monoisotopic (exact) mass is 261 g/mol. The number of hydrogen-bond acceptors (Lipinski definition) is 3. The van der Waals surface area contributed by atoms with E-state index in [4.69, 9.17) is 0 Å². The van der Waals surface area contributed by atoms with Crippen molar-refractivity contribution in [2.75, 3.05) is 20.6 Å². The fourth-order valence-corrected chi connectivity index (χ4v) is 2.14. The van der Waals surface area contributed by atoms with Crippen molar-refractivity contribution in [2.24, 2.45) is 0 Å². The number of hydrogen-bond donors (Lipinski definition) is 2. The van der Waals surface area contributed by atoms with Gasteiger partial charge in [-0.2, -0.15) is 0 Å². The van der Waals surface area contributed by atoms with Crippen molar-refractivity contribution in [3.05, 3.63) is 34.9 Å². The first-order valence-electron chi connectivity index (χ1n) is 6.40. The molecule has 0 saturated carbocycles. The predicted molar refractivity (Wildman–Crippen MR) is 72.6 cm³/mol. The van der Waals surface area contributed by atoms with Crippen molar-refractivity contribution in [1.29, 1.82) is 0 Å². The topological polar surface area (TPSA) is 61.4 Å². The lowest BCUT2D eigenvalue weighted by Gasteiger charge is -2.17. The van der Waals surface area contributed by atoms with Gasteiger partial charge in [-0.05, 0) is 23.3 Å². The maximum atomic E-state index is 12.2. The normalized spacial score (nSPS) is 12.9. The van der Waals surface area contributed by atoms with Gasteiger partial charge in [0.1, 0.15) is 0 Å². The van der Waals surface area contributed by atoms with Gasteiger partial charge >= 0.3 is 0 Å². The summed E-state index contributed by atoms with van der Waals surface area (Å²) in [5.74, 6) is -0.101. The number of fused-ring (bicyclic) bond motifs is 1. The molecule has 0 fully saturated rings. The maximum absolute atomic E-state index is 12.2. The van der Waals surface area contributed by atoms with Crippen molar-refractivity contribution < 1.29 is 9.59 Å². The lowest BCUT2D eigenvalue weighted by atomic mass is 10.1. The minimum Gasteiger partial charge on any atom is -0.359 e. The molecule has 0 atom stereocenters. The van der Waals surface area contributed by atoms with Gasteiger partial charge in [0.15, 0.2) is 0 Å². The van der Waals surface area contributed by atoms with E-state index in [-0.39, 0.29) is 11.8 Å². The third kappa shape index (κ3) is 3.12. The van der Waals surface area contributed by atoms with E-state index in [1.165, 1.54) is 11.1 Å². The quantitative estimate of drug-likeness (QED) is 0.829. The van der Waals surface area contributed by atoms with E-state index in [1.54, 1.807) is 19.0 Å². The molecular weight excluding hydrogens is 242 g/mol. The summed E-state index contributed by atoms with van der Waals surface area (Å²) >= 11 is 0. The Morgan fingerprint density at radius 2 is 2.05 bits per heavy atom. The second kappa shape index (κ2) is 5.84. The first-order chi connectivity index (χ1) is 9.11. The summed E-state index contributed by atoms with van der Waals surface area (Å²) in [6, 6.07) is 5.79. The Balaban J connectivity index is 2.01. The van der Waals surface area contributed by atoms with Gasteiger partial charge < -0.3 is 15.5 Å². The molecule has 0 saturated heterocycles. The Kier molecular flexibility index (Phi) is 4.16. The average Bonchev–Trinajstić information content (AvgIpc) is 2.90. The summed E-state index contributed by atoms with van der Waals surface area (Å²) in [5.41, 5.74) is 3.12. The van der Waals surface area contributed by atoms with E-state index in [2.05, 4.69) is 10.6 Å². The zero-order chi connectivity index (χ0) is 13.8. The van der Waals surface area contributed by atoms with Crippen LogP contribution in [-0.4, -0.2) is 37.4 Å². The summed E-state index contributed by atoms with van der Waals surface area (Å²) in [6.07, 6.45) is 0.325. The number of rotatable bonds is 4. The first kappa shape index (κ1) is 13.5. The largest absolute Gasteiger partial charge is 0.359 e. The van der Waals surface area contributed by atoms with Gasteiger partial charge in [0.25, 0.3) is 5.91 Å². The third-order valence-corrected chi connectivity index (χ3v) is 3.38. The zero-order valence-corrected chi connectivity index (χ0v) is 11.3. The Morgan fingerprint density at radius 3 is 2.79 bits per heavy atom. The molecule has 1 aromatic carbocycles. The Morgan fingerprint density at radius 1 is 1.32 bits per heavy atom. The number of amides is 2. The van der Waals surface area contributed by atoms with Crippen LogP contribution in [0, 0.1) is 0 Å². The van der Waals surface area contributed by atoms with Crippen LogP contribution >= 0.6 is 0 Å². The number of benzene rings is 1. The molecular formula is C14H19N3O2. The number of nitrogens with zero attached hydrogens (tertiary/aromatic N) is 1. The van der Waals surface area contributed by atoms with Crippen LogP contribution in [0.1, 0.15) is 27.9 Å². The van der Waals surface area contributed by atoms with Crippen LogP contribution in [0.15, 0.2) is 18.2 Å². The molecule has 0 bridgehead atoms. The molecule has 1 heterocycles. The highest BCUT2D eigenvalue weighted by atomic mass is 16.2. The molecule has 1 aliphatic rings. The maximum Gasteiger partial charge on any atom is 0.253 e. The molecule has 19 heavy (non-hydrogen) atoms. The zero-order valence-electron chi connectivity index (χ0n) is 11.3. The van der Waals surface area contributed by atoms with E-state index in [0.717, 1.165) is 13.1 Å². The van der Waals surface area contributed by atoms with Gasteiger partial charge in [0, 0.05) is 45.7 Å². The van der Waals surface area contributed by atoms with E-state index in [1.807, 2.05) is 18.2 Å². The van der Waals surface area contributed by atoms with Crippen molar-refractivity contribution in [1.82, 2.24) is 15.5 Å². The van der Waals surface area contributed by atoms with Crippen LogP contribution in [-0.2, 0) is 17.9 Å². The second-order valence-electron chi connectivity index (χ2n) is 4.74. The van der Waals surface area contributed by atoms with E-state index < -0.39 is 0 Å². The van der Waals surface area contributed by atoms with E-state index in [0.29, 0.717) is 18.5 Å². The number of carbonyl (C=O) groups excluding carboxylic acids is 2. The molecule has 0 spiro atoms. The van der Waals surface area contributed by atoms with Crippen LogP contribution in [0.5, 0.6) is 0 Å². The van der Waals surface area contributed by atoms with Gasteiger partial charge in [0.05, 0.1) is 0 Å². The Bertz CT molecular complexity index is 499. The fourth-order valence-electron chi connectivity index (χ4n) is 2.14. The van der Waals surface area contributed by atoms with Crippen molar-refractivity contribution in [2.45, 2.75) is 19.5 Å². The van der Waals surface area contributed by atoms with Gasteiger partial charge in [-0.1, -0.05) is 6.07 Å². The minimum absolute atomic E-state index is 0.0430. The molecule has 2 amide bonds. The number of carbonyl (C=O) groups is 2. The fraction of sp³-hybridized carbons (Fsp3) is 0.429. The van der Waals surface area contributed by atoms with Crippen molar-refractivity contribution >= 4 is 11.8 Å². The van der Waals surface area contributed by atoms with Gasteiger partial charge in [-0.3, -0.25) is 9.59 Å². The summed E-state index contributed by atoms with van der Waals surface area (Å²) in [7, 11) is 3.31. The van der Waals surface area contributed by atoms with Crippen LogP contribution in [0.4, 0.5) is 0 Å². The average molecular weight is 261 g/mol. The standard InChI is InChI=1S/C14H19N3O2/c1-15-13(18)5-6-17(2)14(19)10-3-4-11-8-16-9-12(11)7-10/h3-4,7,16H,5-6,8-9H2,1-2H3,(H,15,18). The Labute approximate surface area is 113 Å². The van der Waals surface area contributed by atoms with Crippen LogP contribution in [0.3, 0.4) is 0 Å². The molecule has 1 aromatic rings. The highest BCUT2D eigenvalue weighted by Gasteiger charge is 2.16. The molecule has 5 nitrogen and oxygen atoms in total. The molecule has 0 aliphatic carbocycles. The summed E-state index contributed by atoms with van der Waals surface area (Å²) in [5, 5.41) is 5.80. The smallest absolute Gasteiger partial charge is 0.253 e. The molecule has 1 aliphatic heterocycles. The molecule has 2 rings (SSSR count). The molecule has 0 unspecified atom stereocenters. The lowest BCUT2D eigenvalue weighted by molar-refractivity contribution is -0.120. The highest BCUT2D eigenvalue weighted by Crippen LogP contribution is 2.17. The van der Waals surface area contributed by atoms with E-state index >= 15 is 0 Å². The van der Waals surface area contributed by atoms with Crippen LogP contribution in [0.2, 0.25) is 0 Å². The van der Waals surface area contributed by atoms with Crippen LogP contribution in [0.25, 0.3) is 0 Å². The lowest BCUT2D eigenvalue weighted by Crippen LogP contribution is -2.31. The molecule has 0 aromatic heterocycles. The van der Waals surface area contributed by atoms with Gasteiger partial charge in [-0.15, -0.1) is 0 Å². The van der Waals surface area contributed by atoms with Gasteiger partial charge in [0.2, 0.25) is 5.91 Å². The van der Waals surface area contributed by atoms with E-state index in [9.17, 15) is 9.59 Å². The summed E-state index contributed by atoms with van der Waals surface area (Å²) < 4.78 is 0. The minimum atomic E-state index is -0.0576. The first-order valence-corrected chi connectivity index (χ1v) is 6.40. The SMILES string of the molecule is CNC(=O)CCN(C)C(=O)c1ccc2c(c1)CNC2. The van der Waals surface area contributed by atoms with Crippen molar-refractivity contribution in [3.8, 4) is 0 Å². The molecule has 2 N–H and O–H groups in total. The second-order valence-corrected chi connectivity index (χ2v) is 4.74. The molecule has 5 heteroatoms. The Hall–Kier alpha value is -1.88. The predicted octanol–water partition coefficient (Wildman–Crippen LogP) is 0.498. The highest BCUT2D eigenvalue weighted by molar-refractivity contribution is 5.94. The number of nitrogens with one attached hydrogen (secondary N) is 2.